The molecular formula is C13H16N4O2. The molecule has 0 atom stereocenters. The maximum atomic E-state index is 8.74. The predicted octanol–water partition coefficient (Wildman–Crippen LogP) is 1.28. The van der Waals surface area contributed by atoms with Crippen LogP contribution in [0.2, 0.25) is 0 Å². The Morgan fingerprint density at radius 2 is 2.11 bits per heavy atom. The van der Waals surface area contributed by atoms with E-state index >= 15 is 0 Å². The molecule has 0 fully saturated rings. The summed E-state index contributed by atoms with van der Waals surface area (Å²) in [5.74, 6) is 0.341. The van der Waals surface area contributed by atoms with E-state index in [0.717, 1.165) is 11.1 Å². The topological polar surface area (TPSA) is 79.0 Å². The van der Waals surface area contributed by atoms with Gasteiger partial charge in [0.05, 0.1) is 6.61 Å². The summed E-state index contributed by atoms with van der Waals surface area (Å²) in [5, 5.41) is 15.2. The van der Waals surface area contributed by atoms with Gasteiger partial charge < -0.3 is 9.57 Å². The van der Waals surface area contributed by atoms with E-state index in [1.807, 2.05) is 30.5 Å². The third-order valence-electron chi connectivity index (χ3n) is 2.38. The van der Waals surface area contributed by atoms with Gasteiger partial charge in [0.15, 0.2) is 17.7 Å². The summed E-state index contributed by atoms with van der Waals surface area (Å²) in [6.07, 6.45) is 1.83. The first-order chi connectivity index (χ1) is 9.28. The molecule has 1 rings (SSSR count). The van der Waals surface area contributed by atoms with Crippen LogP contribution in [0.4, 0.5) is 0 Å². The van der Waals surface area contributed by atoms with E-state index in [1.54, 1.807) is 14.2 Å². The van der Waals surface area contributed by atoms with Crippen LogP contribution in [0.3, 0.4) is 0 Å². The van der Waals surface area contributed by atoms with Crippen LogP contribution in [-0.4, -0.2) is 32.8 Å². The Morgan fingerprint density at radius 1 is 1.37 bits per heavy atom. The number of nitrogens with zero attached hydrogens (tertiary/aromatic N) is 3. The lowest BCUT2D eigenvalue weighted by atomic mass is 10.0. The summed E-state index contributed by atoms with van der Waals surface area (Å²) in [4.78, 5) is 8.84. The van der Waals surface area contributed by atoms with Gasteiger partial charge in [-0.05, 0) is 5.56 Å². The molecule has 1 aromatic rings. The highest BCUT2D eigenvalue weighted by Crippen LogP contribution is 2.12. The highest BCUT2D eigenvalue weighted by molar-refractivity contribution is 6.48. The first-order valence-electron chi connectivity index (χ1n) is 5.59. The number of aliphatic imine (C=N–C) groups is 1. The third-order valence-corrected chi connectivity index (χ3v) is 2.38. The van der Waals surface area contributed by atoms with Gasteiger partial charge in [0.1, 0.15) is 7.11 Å². The molecule has 0 saturated carbocycles. The average Bonchev–Trinajstić information content (AvgIpc) is 2.44. The van der Waals surface area contributed by atoms with E-state index in [2.05, 4.69) is 15.5 Å². The Hall–Kier alpha value is -2.39. The minimum Gasteiger partial charge on any atom is -0.399 e. The fraction of sp³-hybridized carbons (Fsp3) is 0.308. The lowest BCUT2D eigenvalue weighted by Gasteiger charge is -2.11. The van der Waals surface area contributed by atoms with E-state index in [0.29, 0.717) is 18.2 Å². The zero-order valence-corrected chi connectivity index (χ0v) is 11.2. The first kappa shape index (κ1) is 14.7. The molecular weight excluding hydrogens is 244 g/mol. The molecule has 0 bridgehead atoms. The smallest absolute Gasteiger partial charge is 0.182 e. The van der Waals surface area contributed by atoms with Gasteiger partial charge in [-0.1, -0.05) is 29.4 Å². The highest BCUT2D eigenvalue weighted by Gasteiger charge is 2.15. The van der Waals surface area contributed by atoms with Gasteiger partial charge in [-0.2, -0.15) is 5.26 Å². The van der Waals surface area contributed by atoms with Crippen molar-refractivity contribution in [3.8, 4) is 6.19 Å². The molecule has 6 nitrogen and oxygen atoms in total. The lowest BCUT2D eigenvalue weighted by molar-refractivity contribution is 0.184. The van der Waals surface area contributed by atoms with Crippen LogP contribution in [0.15, 0.2) is 34.4 Å². The van der Waals surface area contributed by atoms with Gasteiger partial charge in [0.2, 0.25) is 0 Å². The highest BCUT2D eigenvalue weighted by atomic mass is 16.6. The molecule has 6 heteroatoms. The summed E-state index contributed by atoms with van der Waals surface area (Å²) < 4.78 is 5.15. The van der Waals surface area contributed by atoms with Crippen molar-refractivity contribution >= 4 is 11.5 Å². The number of hydrogen-bond acceptors (Lipinski definition) is 5. The standard InChI is InChI=1S/C13H16N4O2/c1-15-13(16-9-14)12(17-19-3)11-7-5-4-6-10(11)8-18-2/h4-7H,8H2,1-3H3,(H,15,16). The Kier molecular flexibility index (Phi) is 6.06. The van der Waals surface area contributed by atoms with Gasteiger partial charge in [-0.15, -0.1) is 0 Å². The van der Waals surface area contributed by atoms with Crippen molar-refractivity contribution in [1.82, 2.24) is 5.32 Å². The second-order valence-corrected chi connectivity index (χ2v) is 3.52. The van der Waals surface area contributed by atoms with Crippen LogP contribution < -0.4 is 5.32 Å². The monoisotopic (exact) mass is 260 g/mol. The van der Waals surface area contributed by atoms with Crippen LogP contribution in [0.5, 0.6) is 0 Å². The summed E-state index contributed by atoms with van der Waals surface area (Å²) in [6.45, 7) is 0.433. The quantitative estimate of drug-likeness (QED) is 0.284. The van der Waals surface area contributed by atoms with Gasteiger partial charge in [0, 0.05) is 19.7 Å². The van der Waals surface area contributed by atoms with Crippen molar-refractivity contribution in [3.63, 3.8) is 0 Å². The zero-order chi connectivity index (χ0) is 14.1. The molecule has 0 saturated heterocycles. The SMILES string of the molecule is CN=C(NC#N)C(=NOC)c1ccccc1COC. The van der Waals surface area contributed by atoms with Gasteiger partial charge in [-0.25, -0.2) is 0 Å². The molecule has 19 heavy (non-hydrogen) atoms. The van der Waals surface area contributed by atoms with Crippen molar-refractivity contribution in [3.05, 3.63) is 35.4 Å². The maximum Gasteiger partial charge on any atom is 0.182 e. The Labute approximate surface area is 112 Å². The van der Waals surface area contributed by atoms with Crippen LogP contribution in [0.1, 0.15) is 11.1 Å². The number of nitrogens with one attached hydrogen (secondary N) is 1. The molecule has 0 radical (unpaired) electrons. The molecule has 0 aliphatic carbocycles. The number of hydrogen-bond donors (Lipinski definition) is 1. The van der Waals surface area contributed by atoms with E-state index in [4.69, 9.17) is 14.8 Å². The molecule has 0 aliphatic rings. The van der Waals surface area contributed by atoms with E-state index in [1.165, 1.54) is 7.11 Å². The predicted molar refractivity (Wildman–Crippen MR) is 72.8 cm³/mol. The molecule has 0 unspecified atom stereocenters. The first-order valence-corrected chi connectivity index (χ1v) is 5.59. The molecule has 0 aliphatic heterocycles. The Morgan fingerprint density at radius 3 is 2.68 bits per heavy atom. The molecule has 0 amide bonds. The second-order valence-electron chi connectivity index (χ2n) is 3.52. The zero-order valence-electron chi connectivity index (χ0n) is 11.2. The largest absolute Gasteiger partial charge is 0.399 e. The van der Waals surface area contributed by atoms with E-state index < -0.39 is 0 Å². The van der Waals surface area contributed by atoms with Gasteiger partial charge in [0.25, 0.3) is 0 Å². The number of rotatable bonds is 5. The number of benzene rings is 1. The minimum atomic E-state index is 0.341. The number of methoxy groups -OCH3 is 1. The van der Waals surface area contributed by atoms with Crippen LogP contribution >= 0.6 is 0 Å². The Bertz CT molecular complexity index is 518. The van der Waals surface area contributed by atoms with Crippen LogP contribution in [0.25, 0.3) is 0 Å². The Balaban J connectivity index is 3.28. The molecule has 1 aromatic carbocycles. The van der Waals surface area contributed by atoms with Crippen molar-refractivity contribution in [2.24, 2.45) is 10.1 Å². The van der Waals surface area contributed by atoms with Crippen molar-refractivity contribution in [1.29, 1.82) is 5.26 Å². The van der Waals surface area contributed by atoms with Crippen LogP contribution in [0, 0.1) is 11.5 Å². The molecule has 0 aromatic heterocycles. The summed E-state index contributed by atoms with van der Waals surface area (Å²) >= 11 is 0. The van der Waals surface area contributed by atoms with Gasteiger partial charge >= 0.3 is 0 Å². The third kappa shape index (κ3) is 3.79. The molecule has 100 valence electrons. The van der Waals surface area contributed by atoms with Crippen LogP contribution in [-0.2, 0) is 16.2 Å². The lowest BCUT2D eigenvalue weighted by Crippen LogP contribution is -2.29. The molecule has 1 N–H and O–H groups in total. The number of nitriles is 1. The van der Waals surface area contributed by atoms with Crippen molar-refractivity contribution in [2.45, 2.75) is 6.61 Å². The average molecular weight is 260 g/mol. The summed E-state index contributed by atoms with van der Waals surface area (Å²) in [7, 11) is 4.63. The van der Waals surface area contributed by atoms with Crippen molar-refractivity contribution in [2.75, 3.05) is 21.3 Å². The fourth-order valence-corrected chi connectivity index (χ4v) is 1.62. The van der Waals surface area contributed by atoms with Crippen molar-refractivity contribution < 1.29 is 9.57 Å². The van der Waals surface area contributed by atoms with E-state index in [-0.39, 0.29) is 0 Å². The normalized spacial score (nSPS) is 11.9. The summed E-state index contributed by atoms with van der Waals surface area (Å²) in [6, 6.07) is 7.57. The maximum absolute atomic E-state index is 8.74. The van der Waals surface area contributed by atoms with Gasteiger partial charge in [-0.3, -0.25) is 10.3 Å². The van der Waals surface area contributed by atoms with E-state index in [9.17, 15) is 0 Å². The fourth-order valence-electron chi connectivity index (χ4n) is 1.62. The second kappa shape index (κ2) is 7.84. The molecule has 0 heterocycles. The molecule has 0 spiro atoms. The summed E-state index contributed by atoms with van der Waals surface area (Å²) in [5.41, 5.74) is 2.19. The number of oxime groups is 1. The number of ether oxygens (including phenoxy) is 1. The minimum absolute atomic E-state index is 0.341. The number of amidine groups is 1.